The molecule has 0 saturated heterocycles. The van der Waals surface area contributed by atoms with Crippen LogP contribution in [0.1, 0.15) is 42.9 Å². The lowest BCUT2D eigenvalue weighted by molar-refractivity contribution is 0.626. The molecule has 3 rings (SSSR count). The van der Waals surface area contributed by atoms with E-state index in [2.05, 4.69) is 53.3 Å². The Morgan fingerprint density at radius 1 is 0.833 bits per heavy atom. The number of aliphatic imine (C=N–C) groups is 1. The molecule has 150 valence electrons. The van der Waals surface area contributed by atoms with E-state index in [4.69, 9.17) is 0 Å². The van der Waals surface area contributed by atoms with Gasteiger partial charge in [-0.2, -0.15) is 4.99 Å². The summed E-state index contributed by atoms with van der Waals surface area (Å²) in [5, 5.41) is 2.12. The van der Waals surface area contributed by atoms with Crippen molar-refractivity contribution in [1.29, 1.82) is 0 Å². The summed E-state index contributed by atoms with van der Waals surface area (Å²) in [6.07, 6.45) is 4.72. The fourth-order valence-corrected chi connectivity index (χ4v) is 3.22. The topological polar surface area (TPSA) is 12.4 Å². The number of hydrogen-bond acceptors (Lipinski definition) is 2. The van der Waals surface area contributed by atoms with E-state index in [1.165, 1.54) is 43.0 Å². The molecule has 0 heterocycles. The second-order valence-electron chi connectivity index (χ2n) is 6.97. The van der Waals surface area contributed by atoms with E-state index >= 15 is 0 Å². The first-order chi connectivity index (χ1) is 14.6. The van der Waals surface area contributed by atoms with E-state index in [0.29, 0.717) is 16.7 Å². The standard InChI is InChI=1S/C26H21F2NS/c1-2-3-4-5-19-6-8-20(9-7-19)10-11-21-12-14-23(24(27)16-21)22-13-15-26(29-18-30)25(28)17-22/h6-9,12-17H,2-5H2,1H3. The minimum absolute atomic E-state index is 0.0769. The van der Waals surface area contributed by atoms with Crippen LogP contribution in [0.2, 0.25) is 0 Å². The van der Waals surface area contributed by atoms with Crippen molar-refractivity contribution < 1.29 is 8.78 Å². The normalized spacial score (nSPS) is 10.1. The SMILES string of the molecule is CCCCCc1ccc(C#Cc2ccc(-c3ccc(N=C=S)c(F)c3)c(F)c2)cc1. The molecule has 0 aromatic heterocycles. The molecule has 0 atom stereocenters. The molecular weight excluding hydrogens is 396 g/mol. The molecule has 3 aromatic rings. The van der Waals surface area contributed by atoms with Crippen molar-refractivity contribution in [3.05, 3.63) is 89.0 Å². The Morgan fingerprint density at radius 2 is 1.57 bits per heavy atom. The van der Waals surface area contributed by atoms with Crippen LogP contribution in [0.15, 0.2) is 65.7 Å². The second kappa shape index (κ2) is 10.6. The maximum absolute atomic E-state index is 14.6. The molecule has 0 fully saturated rings. The fourth-order valence-electron chi connectivity index (χ4n) is 3.12. The highest BCUT2D eigenvalue weighted by molar-refractivity contribution is 7.78. The number of isothiocyanates is 1. The third kappa shape index (κ3) is 5.70. The quantitative estimate of drug-likeness (QED) is 0.175. The van der Waals surface area contributed by atoms with Gasteiger partial charge in [0.2, 0.25) is 0 Å². The molecule has 0 aliphatic carbocycles. The predicted octanol–water partition coefficient (Wildman–Crippen LogP) is 7.50. The molecular formula is C26H21F2NS. The number of aryl methyl sites for hydroxylation is 1. The van der Waals surface area contributed by atoms with E-state index in [1.807, 2.05) is 12.1 Å². The lowest BCUT2D eigenvalue weighted by atomic mass is 10.0. The van der Waals surface area contributed by atoms with Crippen LogP contribution in [-0.4, -0.2) is 5.16 Å². The van der Waals surface area contributed by atoms with Crippen LogP contribution in [-0.2, 0) is 6.42 Å². The van der Waals surface area contributed by atoms with Gasteiger partial charge in [-0.05, 0) is 72.6 Å². The predicted molar refractivity (Wildman–Crippen MR) is 122 cm³/mol. The van der Waals surface area contributed by atoms with E-state index in [9.17, 15) is 8.78 Å². The van der Waals surface area contributed by atoms with Crippen molar-refractivity contribution in [2.75, 3.05) is 0 Å². The summed E-state index contributed by atoms with van der Waals surface area (Å²) in [5.41, 5.74) is 3.55. The number of benzene rings is 3. The van der Waals surface area contributed by atoms with Crippen LogP contribution in [0.5, 0.6) is 0 Å². The van der Waals surface area contributed by atoms with Gasteiger partial charge in [-0.3, -0.25) is 0 Å². The number of halogens is 2. The van der Waals surface area contributed by atoms with Crippen molar-refractivity contribution in [2.24, 2.45) is 4.99 Å². The van der Waals surface area contributed by atoms with E-state index in [-0.39, 0.29) is 5.69 Å². The molecule has 0 aliphatic heterocycles. The van der Waals surface area contributed by atoms with Gasteiger partial charge in [-0.25, -0.2) is 8.78 Å². The van der Waals surface area contributed by atoms with Crippen molar-refractivity contribution in [3.63, 3.8) is 0 Å². The van der Waals surface area contributed by atoms with E-state index in [0.717, 1.165) is 12.0 Å². The Kier molecular flexibility index (Phi) is 7.63. The molecule has 1 nitrogen and oxygen atoms in total. The zero-order chi connectivity index (χ0) is 21.3. The smallest absolute Gasteiger partial charge is 0.150 e. The minimum Gasteiger partial charge on any atom is -0.206 e. The number of unbranched alkanes of at least 4 members (excludes halogenated alkanes) is 2. The van der Waals surface area contributed by atoms with Crippen molar-refractivity contribution in [3.8, 4) is 23.0 Å². The van der Waals surface area contributed by atoms with Crippen LogP contribution in [0.3, 0.4) is 0 Å². The first kappa shape index (κ1) is 21.6. The molecule has 30 heavy (non-hydrogen) atoms. The van der Waals surface area contributed by atoms with Gasteiger partial charge >= 0.3 is 0 Å². The van der Waals surface area contributed by atoms with Gasteiger partial charge in [-0.1, -0.05) is 55.9 Å². The van der Waals surface area contributed by atoms with Crippen LogP contribution in [0, 0.1) is 23.5 Å². The summed E-state index contributed by atoms with van der Waals surface area (Å²) in [6.45, 7) is 2.19. The van der Waals surface area contributed by atoms with Gasteiger partial charge in [0.05, 0.1) is 5.16 Å². The largest absolute Gasteiger partial charge is 0.206 e. The monoisotopic (exact) mass is 417 g/mol. The summed E-state index contributed by atoms with van der Waals surface area (Å²) in [5.74, 6) is 5.02. The maximum atomic E-state index is 14.6. The lowest BCUT2D eigenvalue weighted by Gasteiger charge is -2.05. The molecule has 3 aromatic carbocycles. The van der Waals surface area contributed by atoms with E-state index < -0.39 is 11.6 Å². The molecule has 4 heteroatoms. The van der Waals surface area contributed by atoms with Crippen LogP contribution in [0.25, 0.3) is 11.1 Å². The summed E-state index contributed by atoms with van der Waals surface area (Å²) >= 11 is 4.49. The Hall–Kier alpha value is -3.12. The lowest BCUT2D eigenvalue weighted by Crippen LogP contribution is -1.88. The zero-order valence-corrected chi connectivity index (χ0v) is 17.5. The van der Waals surface area contributed by atoms with Gasteiger partial charge in [0.15, 0.2) is 0 Å². The number of rotatable bonds is 6. The third-order valence-corrected chi connectivity index (χ3v) is 4.86. The molecule has 0 unspecified atom stereocenters. The van der Waals surface area contributed by atoms with Gasteiger partial charge in [0.25, 0.3) is 0 Å². The molecule has 0 saturated carbocycles. The second-order valence-corrected chi connectivity index (χ2v) is 7.15. The van der Waals surface area contributed by atoms with Gasteiger partial charge in [-0.15, -0.1) is 0 Å². The zero-order valence-electron chi connectivity index (χ0n) is 16.7. The van der Waals surface area contributed by atoms with Gasteiger partial charge in [0.1, 0.15) is 17.3 Å². The molecule has 0 spiro atoms. The number of nitrogens with zero attached hydrogens (tertiary/aromatic N) is 1. The number of thiocarbonyl (C=S) groups is 1. The third-order valence-electron chi connectivity index (χ3n) is 4.77. The summed E-state index contributed by atoms with van der Waals surface area (Å²) in [6, 6.07) is 17.1. The number of hydrogen-bond donors (Lipinski definition) is 0. The minimum atomic E-state index is -0.578. The van der Waals surface area contributed by atoms with Gasteiger partial charge < -0.3 is 0 Å². The summed E-state index contributed by atoms with van der Waals surface area (Å²) in [4.78, 5) is 3.63. The maximum Gasteiger partial charge on any atom is 0.150 e. The fraction of sp³-hybridized carbons (Fsp3) is 0.192. The van der Waals surface area contributed by atoms with Gasteiger partial charge in [0, 0.05) is 16.7 Å². The van der Waals surface area contributed by atoms with Crippen molar-refractivity contribution >= 4 is 23.1 Å². The first-order valence-electron chi connectivity index (χ1n) is 9.89. The Bertz CT molecular complexity index is 1130. The van der Waals surface area contributed by atoms with Crippen LogP contribution in [0.4, 0.5) is 14.5 Å². The highest BCUT2D eigenvalue weighted by Gasteiger charge is 2.09. The highest BCUT2D eigenvalue weighted by Crippen LogP contribution is 2.28. The molecule has 0 radical (unpaired) electrons. The molecule has 0 amide bonds. The highest BCUT2D eigenvalue weighted by atomic mass is 32.1. The van der Waals surface area contributed by atoms with E-state index in [1.54, 1.807) is 18.2 Å². The van der Waals surface area contributed by atoms with Crippen molar-refractivity contribution in [1.82, 2.24) is 0 Å². The van der Waals surface area contributed by atoms with Crippen molar-refractivity contribution in [2.45, 2.75) is 32.6 Å². The van der Waals surface area contributed by atoms with Crippen LogP contribution < -0.4 is 0 Å². The summed E-state index contributed by atoms with van der Waals surface area (Å²) in [7, 11) is 0. The molecule has 0 bridgehead atoms. The first-order valence-corrected chi connectivity index (χ1v) is 10.3. The average molecular weight is 418 g/mol. The average Bonchev–Trinajstić information content (AvgIpc) is 2.75. The Balaban J connectivity index is 1.75. The molecule has 0 aliphatic rings. The summed E-state index contributed by atoms with van der Waals surface area (Å²) < 4.78 is 28.6. The Morgan fingerprint density at radius 3 is 2.23 bits per heavy atom. The Labute approximate surface area is 181 Å². The molecule has 0 N–H and O–H groups in total. The van der Waals surface area contributed by atoms with Crippen LogP contribution >= 0.6 is 12.2 Å².